The van der Waals surface area contributed by atoms with Crippen LogP contribution in [-0.2, 0) is 9.84 Å². The zero-order valence-electron chi connectivity index (χ0n) is 10.9. The van der Waals surface area contributed by atoms with Crippen molar-refractivity contribution in [2.45, 2.75) is 37.0 Å². The van der Waals surface area contributed by atoms with Gasteiger partial charge in [-0.3, -0.25) is 0 Å². The van der Waals surface area contributed by atoms with Gasteiger partial charge in [0.2, 0.25) is 0 Å². The zero-order valence-corrected chi connectivity index (χ0v) is 11.7. The van der Waals surface area contributed by atoms with E-state index in [-0.39, 0.29) is 10.9 Å². The summed E-state index contributed by atoms with van der Waals surface area (Å²) in [5.41, 5.74) is 2.55. The first-order valence-corrected chi connectivity index (χ1v) is 7.33. The number of rotatable bonds is 0. The topological polar surface area (TPSA) is 61.2 Å². The molecule has 0 radical (unpaired) electrons. The second-order valence-electron chi connectivity index (χ2n) is 4.87. The number of anilines is 1. The third-order valence-electron chi connectivity index (χ3n) is 3.58. The lowest BCUT2D eigenvalue weighted by atomic mass is 10.1. The Kier molecular flexibility index (Phi) is 2.86. The quantitative estimate of drug-likeness (QED) is 0.717. The standard InChI is InChI=1S/C13H16N2O2S/c1-8-5-9(2)13-11(6-8)18(16,17)12(7-14)10(3)15(13)4/h5-6,10,12H,1-4H3. The Balaban J connectivity index is 2.84. The van der Waals surface area contributed by atoms with Gasteiger partial charge in [-0.15, -0.1) is 0 Å². The van der Waals surface area contributed by atoms with E-state index in [1.165, 1.54) is 0 Å². The molecule has 1 aromatic rings. The summed E-state index contributed by atoms with van der Waals surface area (Å²) in [6.07, 6.45) is 0. The molecule has 2 unspecified atom stereocenters. The van der Waals surface area contributed by atoms with Crippen LogP contribution in [0.25, 0.3) is 0 Å². The molecule has 0 aromatic heterocycles. The second-order valence-corrected chi connectivity index (χ2v) is 6.91. The van der Waals surface area contributed by atoms with Crippen LogP contribution in [0.4, 0.5) is 5.69 Å². The van der Waals surface area contributed by atoms with E-state index in [2.05, 4.69) is 0 Å². The van der Waals surface area contributed by atoms with Gasteiger partial charge < -0.3 is 4.90 Å². The molecular formula is C13H16N2O2S. The van der Waals surface area contributed by atoms with Gasteiger partial charge in [0.15, 0.2) is 15.1 Å². The maximum atomic E-state index is 12.4. The molecular weight excluding hydrogens is 248 g/mol. The highest BCUT2D eigenvalue weighted by Gasteiger charge is 2.42. The molecule has 2 atom stereocenters. The summed E-state index contributed by atoms with van der Waals surface area (Å²) in [5, 5.41) is 8.12. The minimum atomic E-state index is -3.56. The van der Waals surface area contributed by atoms with Crippen molar-refractivity contribution in [2.24, 2.45) is 0 Å². The molecule has 18 heavy (non-hydrogen) atoms. The third kappa shape index (κ3) is 1.60. The smallest absolute Gasteiger partial charge is 0.198 e. The van der Waals surface area contributed by atoms with Gasteiger partial charge >= 0.3 is 0 Å². The average Bonchev–Trinajstić information content (AvgIpc) is 2.26. The van der Waals surface area contributed by atoms with E-state index < -0.39 is 15.1 Å². The molecule has 1 aromatic carbocycles. The van der Waals surface area contributed by atoms with Gasteiger partial charge in [-0.1, -0.05) is 6.07 Å². The molecule has 0 bridgehead atoms. The van der Waals surface area contributed by atoms with E-state index in [1.807, 2.05) is 37.9 Å². The van der Waals surface area contributed by atoms with E-state index >= 15 is 0 Å². The molecule has 0 saturated carbocycles. The molecule has 0 fully saturated rings. The van der Waals surface area contributed by atoms with E-state index in [0.29, 0.717) is 0 Å². The van der Waals surface area contributed by atoms with Crippen LogP contribution < -0.4 is 4.90 Å². The number of fused-ring (bicyclic) bond motifs is 1. The van der Waals surface area contributed by atoms with Crippen molar-refractivity contribution in [1.82, 2.24) is 0 Å². The van der Waals surface area contributed by atoms with Crippen molar-refractivity contribution in [1.29, 1.82) is 5.26 Å². The lowest BCUT2D eigenvalue weighted by molar-refractivity contribution is 0.562. The summed E-state index contributed by atoms with van der Waals surface area (Å²) in [4.78, 5) is 2.17. The van der Waals surface area contributed by atoms with Crippen LogP contribution in [0, 0.1) is 25.2 Å². The minimum absolute atomic E-state index is 0.284. The Hall–Kier alpha value is -1.54. The van der Waals surface area contributed by atoms with Crippen molar-refractivity contribution in [3.63, 3.8) is 0 Å². The molecule has 0 saturated heterocycles. The molecule has 1 heterocycles. The number of hydrogen-bond donors (Lipinski definition) is 0. The second kappa shape index (κ2) is 3.99. The largest absolute Gasteiger partial charge is 0.368 e. The van der Waals surface area contributed by atoms with Crippen molar-refractivity contribution < 1.29 is 8.42 Å². The molecule has 96 valence electrons. The first-order valence-electron chi connectivity index (χ1n) is 5.78. The molecule has 0 N–H and O–H groups in total. The summed E-state index contributed by atoms with van der Waals surface area (Å²) in [5.74, 6) is 0. The van der Waals surface area contributed by atoms with Crippen molar-refractivity contribution in [3.05, 3.63) is 23.3 Å². The highest BCUT2D eigenvalue weighted by atomic mass is 32.2. The van der Waals surface area contributed by atoms with Crippen molar-refractivity contribution in [2.75, 3.05) is 11.9 Å². The molecule has 2 rings (SSSR count). The maximum absolute atomic E-state index is 12.4. The summed E-state index contributed by atoms with van der Waals surface area (Å²) in [7, 11) is -1.72. The highest BCUT2D eigenvalue weighted by Crippen LogP contribution is 2.38. The maximum Gasteiger partial charge on any atom is 0.198 e. The Morgan fingerprint density at radius 3 is 2.50 bits per heavy atom. The molecule has 5 heteroatoms. The van der Waals surface area contributed by atoms with Crippen molar-refractivity contribution in [3.8, 4) is 6.07 Å². The van der Waals surface area contributed by atoms with Gasteiger partial charge in [-0.05, 0) is 38.0 Å². The molecule has 4 nitrogen and oxygen atoms in total. The fraction of sp³-hybridized carbons (Fsp3) is 0.462. The number of hydrogen-bond acceptors (Lipinski definition) is 4. The van der Waals surface area contributed by atoms with Gasteiger partial charge in [-0.2, -0.15) is 5.26 Å². The Labute approximate surface area is 108 Å². The van der Waals surface area contributed by atoms with Gasteiger partial charge in [-0.25, -0.2) is 8.42 Å². The van der Waals surface area contributed by atoms with Crippen molar-refractivity contribution >= 4 is 15.5 Å². The highest BCUT2D eigenvalue weighted by molar-refractivity contribution is 7.92. The van der Waals surface area contributed by atoms with Crippen LogP contribution in [0.3, 0.4) is 0 Å². The van der Waals surface area contributed by atoms with E-state index in [1.54, 1.807) is 13.0 Å². The predicted octanol–water partition coefficient (Wildman–Crippen LogP) is 1.81. The fourth-order valence-corrected chi connectivity index (χ4v) is 4.61. The zero-order chi connectivity index (χ0) is 13.7. The Morgan fingerprint density at radius 2 is 1.94 bits per heavy atom. The van der Waals surface area contributed by atoms with Crippen LogP contribution in [0.5, 0.6) is 0 Å². The monoisotopic (exact) mass is 264 g/mol. The normalized spacial score (nSPS) is 25.4. The van der Waals surface area contributed by atoms with E-state index in [9.17, 15) is 8.42 Å². The number of nitrogens with zero attached hydrogens (tertiary/aromatic N) is 2. The first kappa shape index (κ1) is 12.9. The van der Waals surface area contributed by atoms with Crippen LogP contribution >= 0.6 is 0 Å². The summed E-state index contributed by atoms with van der Waals surface area (Å²) in [6, 6.07) is 5.21. The SMILES string of the molecule is Cc1cc(C)c2c(c1)S(=O)(=O)C(C#N)C(C)N2C. The average molecular weight is 264 g/mol. The number of benzene rings is 1. The number of nitriles is 1. The van der Waals surface area contributed by atoms with E-state index in [4.69, 9.17) is 5.26 Å². The third-order valence-corrected chi connectivity index (χ3v) is 5.67. The minimum Gasteiger partial charge on any atom is -0.368 e. The Bertz CT molecular complexity index is 644. The fourth-order valence-electron chi connectivity index (χ4n) is 2.57. The van der Waals surface area contributed by atoms with Crippen LogP contribution in [-0.4, -0.2) is 26.8 Å². The van der Waals surface area contributed by atoms with Crippen LogP contribution in [0.2, 0.25) is 0 Å². The molecule has 0 aliphatic carbocycles. The first-order chi connectivity index (χ1) is 8.30. The summed E-state index contributed by atoms with van der Waals surface area (Å²) >= 11 is 0. The van der Waals surface area contributed by atoms with Gasteiger partial charge in [0.05, 0.1) is 22.7 Å². The van der Waals surface area contributed by atoms with Crippen LogP contribution in [0.15, 0.2) is 17.0 Å². The molecule has 1 aliphatic rings. The summed E-state index contributed by atoms with van der Waals surface area (Å²) < 4.78 is 24.9. The van der Waals surface area contributed by atoms with E-state index in [0.717, 1.165) is 16.8 Å². The molecule has 0 spiro atoms. The van der Waals surface area contributed by atoms with Gasteiger partial charge in [0, 0.05) is 7.05 Å². The molecule has 1 aliphatic heterocycles. The lowest BCUT2D eigenvalue weighted by Gasteiger charge is -2.37. The predicted molar refractivity (Wildman–Crippen MR) is 70.4 cm³/mol. The Morgan fingerprint density at radius 1 is 1.33 bits per heavy atom. The lowest BCUT2D eigenvalue weighted by Crippen LogP contribution is -2.47. The summed E-state index contributed by atoms with van der Waals surface area (Å²) in [6.45, 7) is 5.53. The van der Waals surface area contributed by atoms with Gasteiger partial charge in [0.25, 0.3) is 0 Å². The van der Waals surface area contributed by atoms with Crippen LogP contribution in [0.1, 0.15) is 18.1 Å². The van der Waals surface area contributed by atoms with Gasteiger partial charge in [0.1, 0.15) is 0 Å². The molecule has 0 amide bonds. The number of aryl methyl sites for hydroxylation is 2. The number of sulfone groups is 1.